The van der Waals surface area contributed by atoms with Crippen LogP contribution >= 0.6 is 0 Å². The quantitative estimate of drug-likeness (QED) is 0.764. The Morgan fingerprint density at radius 1 is 1.21 bits per heavy atom. The number of carbonyl (C=O) groups is 2. The number of hydrogen-bond acceptors (Lipinski definition) is 3. The lowest BCUT2D eigenvalue weighted by atomic mass is 9.43. The zero-order valence-electron chi connectivity index (χ0n) is 16.1. The van der Waals surface area contributed by atoms with Crippen molar-refractivity contribution in [2.75, 3.05) is 7.11 Å². The highest BCUT2D eigenvalue weighted by atomic mass is 16.5. The highest BCUT2D eigenvalue weighted by molar-refractivity contribution is 5.87. The van der Waals surface area contributed by atoms with Crippen LogP contribution in [0.1, 0.15) is 72.6 Å². The lowest BCUT2D eigenvalue weighted by Crippen LogP contribution is -2.59. The standard InChI is InChI=1S/C21H34O3/c1-13-6-8-15-12-18(23)21(4)17(10-11-19(21)24-5)20(15,3)16(13)9-7-14(2)22/h13,15-17,19H,6-12H2,1-5H3/t13-,15+,16+,17-,19+,20+,21-/m0/s1. The Labute approximate surface area is 146 Å². The first-order valence-corrected chi connectivity index (χ1v) is 9.81. The molecule has 0 aromatic carbocycles. The molecule has 0 aromatic heterocycles. The summed E-state index contributed by atoms with van der Waals surface area (Å²) < 4.78 is 5.76. The Balaban J connectivity index is 1.99. The number of methoxy groups -OCH3 is 1. The molecule has 3 heteroatoms. The molecule has 0 saturated heterocycles. The molecule has 24 heavy (non-hydrogen) atoms. The molecule has 7 atom stereocenters. The highest BCUT2D eigenvalue weighted by Crippen LogP contribution is 2.67. The van der Waals surface area contributed by atoms with E-state index in [0.717, 1.165) is 19.3 Å². The van der Waals surface area contributed by atoms with E-state index in [0.29, 0.717) is 48.1 Å². The van der Waals surface area contributed by atoms with E-state index in [2.05, 4.69) is 20.8 Å². The lowest BCUT2D eigenvalue weighted by molar-refractivity contribution is -0.171. The van der Waals surface area contributed by atoms with Gasteiger partial charge in [0.15, 0.2) is 0 Å². The average molecular weight is 335 g/mol. The molecule has 3 saturated carbocycles. The van der Waals surface area contributed by atoms with Gasteiger partial charge in [-0.3, -0.25) is 4.79 Å². The van der Waals surface area contributed by atoms with E-state index >= 15 is 0 Å². The molecule has 3 rings (SSSR count). The van der Waals surface area contributed by atoms with Crippen molar-refractivity contribution in [3.05, 3.63) is 0 Å². The highest BCUT2D eigenvalue weighted by Gasteiger charge is 2.66. The van der Waals surface area contributed by atoms with Gasteiger partial charge in [0.25, 0.3) is 0 Å². The fourth-order valence-corrected chi connectivity index (χ4v) is 6.99. The van der Waals surface area contributed by atoms with E-state index in [1.807, 2.05) is 0 Å². The summed E-state index contributed by atoms with van der Waals surface area (Å²) >= 11 is 0. The van der Waals surface area contributed by atoms with Gasteiger partial charge >= 0.3 is 0 Å². The molecule has 0 heterocycles. The zero-order valence-corrected chi connectivity index (χ0v) is 16.1. The summed E-state index contributed by atoms with van der Waals surface area (Å²) in [6.07, 6.45) is 6.92. The number of hydrogen-bond donors (Lipinski definition) is 0. The molecular weight excluding hydrogens is 300 g/mol. The molecule has 0 unspecified atom stereocenters. The molecule has 3 fully saturated rings. The molecule has 0 amide bonds. The van der Waals surface area contributed by atoms with Crippen LogP contribution in [-0.2, 0) is 14.3 Å². The molecule has 3 nitrogen and oxygen atoms in total. The summed E-state index contributed by atoms with van der Waals surface area (Å²) in [5.41, 5.74) is -0.158. The maximum Gasteiger partial charge on any atom is 0.141 e. The van der Waals surface area contributed by atoms with Gasteiger partial charge in [-0.15, -0.1) is 0 Å². The first-order chi connectivity index (χ1) is 11.3. The van der Waals surface area contributed by atoms with Crippen molar-refractivity contribution in [1.82, 2.24) is 0 Å². The Kier molecular flexibility index (Phi) is 4.70. The Hall–Kier alpha value is -0.700. The number of ketones is 2. The molecule has 0 aliphatic heterocycles. The van der Waals surface area contributed by atoms with E-state index in [1.54, 1.807) is 14.0 Å². The topological polar surface area (TPSA) is 43.4 Å². The summed E-state index contributed by atoms with van der Waals surface area (Å²) in [5, 5.41) is 0. The number of ether oxygens (including phenoxy) is 1. The van der Waals surface area contributed by atoms with Gasteiger partial charge in [-0.25, -0.2) is 0 Å². The second-order valence-electron chi connectivity index (χ2n) is 9.23. The van der Waals surface area contributed by atoms with Crippen molar-refractivity contribution in [3.8, 4) is 0 Å². The van der Waals surface area contributed by atoms with Crippen LogP contribution in [0.3, 0.4) is 0 Å². The van der Waals surface area contributed by atoms with Crippen LogP contribution < -0.4 is 0 Å². The van der Waals surface area contributed by atoms with Crippen LogP contribution in [0.15, 0.2) is 0 Å². The van der Waals surface area contributed by atoms with E-state index in [-0.39, 0.29) is 16.9 Å². The Bertz CT molecular complexity index is 527. The van der Waals surface area contributed by atoms with Crippen LogP contribution in [0, 0.1) is 34.5 Å². The Morgan fingerprint density at radius 2 is 1.92 bits per heavy atom. The van der Waals surface area contributed by atoms with E-state index in [9.17, 15) is 9.59 Å². The molecular formula is C21H34O3. The molecule has 3 aliphatic carbocycles. The average Bonchev–Trinajstić information content (AvgIpc) is 2.87. The molecule has 136 valence electrons. The normalized spacial score (nSPS) is 48.0. The van der Waals surface area contributed by atoms with Crippen LogP contribution in [0.25, 0.3) is 0 Å². The molecule has 0 aromatic rings. The summed E-state index contributed by atoms with van der Waals surface area (Å²) in [5.74, 6) is 2.81. The molecule has 0 N–H and O–H groups in total. The predicted octanol–water partition coefficient (Wildman–Crippen LogP) is 4.43. The van der Waals surface area contributed by atoms with Gasteiger partial charge in [0.1, 0.15) is 11.6 Å². The third kappa shape index (κ3) is 2.41. The SMILES string of the molecule is CO[C@@H]1CC[C@@H]2[C@@]1(C)C(=O)C[C@H]1CC[C@H](C)[C@@H](CCC(C)=O)[C@@]12C. The summed E-state index contributed by atoms with van der Waals surface area (Å²) in [6.45, 7) is 8.69. The van der Waals surface area contributed by atoms with Crippen molar-refractivity contribution in [1.29, 1.82) is 0 Å². The minimum atomic E-state index is -0.328. The minimum Gasteiger partial charge on any atom is -0.380 e. The van der Waals surface area contributed by atoms with Crippen molar-refractivity contribution < 1.29 is 14.3 Å². The monoisotopic (exact) mass is 334 g/mol. The van der Waals surface area contributed by atoms with E-state index in [4.69, 9.17) is 4.74 Å². The number of Topliss-reactive ketones (excluding diaryl/α,β-unsaturated/α-hetero) is 2. The maximum absolute atomic E-state index is 13.1. The largest absolute Gasteiger partial charge is 0.380 e. The first kappa shape index (κ1) is 18.1. The second-order valence-corrected chi connectivity index (χ2v) is 9.23. The fraction of sp³-hybridized carbons (Fsp3) is 0.905. The van der Waals surface area contributed by atoms with Crippen molar-refractivity contribution in [2.45, 2.75) is 78.7 Å². The third-order valence-electron chi connectivity index (χ3n) is 8.32. The molecule has 0 radical (unpaired) electrons. The second kappa shape index (κ2) is 6.23. The van der Waals surface area contributed by atoms with Crippen LogP contribution in [0.5, 0.6) is 0 Å². The van der Waals surface area contributed by atoms with Gasteiger partial charge in [-0.05, 0) is 68.6 Å². The number of rotatable bonds is 4. The third-order valence-corrected chi connectivity index (χ3v) is 8.32. The number of carbonyl (C=O) groups excluding carboxylic acids is 2. The van der Waals surface area contributed by atoms with Crippen molar-refractivity contribution in [2.24, 2.45) is 34.5 Å². The first-order valence-electron chi connectivity index (χ1n) is 9.81. The zero-order chi connectivity index (χ0) is 17.7. The summed E-state index contributed by atoms with van der Waals surface area (Å²) in [4.78, 5) is 24.7. The Morgan fingerprint density at radius 3 is 2.54 bits per heavy atom. The maximum atomic E-state index is 13.1. The van der Waals surface area contributed by atoms with Gasteiger partial charge in [0.2, 0.25) is 0 Å². The summed E-state index contributed by atoms with van der Waals surface area (Å²) in [6, 6.07) is 0. The molecule has 0 spiro atoms. The predicted molar refractivity (Wildman–Crippen MR) is 94.7 cm³/mol. The van der Waals surface area contributed by atoms with Gasteiger partial charge in [0, 0.05) is 20.0 Å². The molecule has 3 aliphatic rings. The van der Waals surface area contributed by atoms with Gasteiger partial charge < -0.3 is 9.53 Å². The smallest absolute Gasteiger partial charge is 0.141 e. The van der Waals surface area contributed by atoms with E-state index in [1.165, 1.54) is 12.8 Å². The van der Waals surface area contributed by atoms with Crippen molar-refractivity contribution >= 4 is 11.6 Å². The fourth-order valence-electron chi connectivity index (χ4n) is 6.99. The van der Waals surface area contributed by atoms with Crippen LogP contribution in [0.4, 0.5) is 0 Å². The van der Waals surface area contributed by atoms with Gasteiger partial charge in [-0.2, -0.15) is 0 Å². The van der Waals surface area contributed by atoms with Gasteiger partial charge in [-0.1, -0.05) is 20.3 Å². The van der Waals surface area contributed by atoms with Crippen molar-refractivity contribution in [3.63, 3.8) is 0 Å². The molecule has 0 bridgehead atoms. The van der Waals surface area contributed by atoms with Crippen LogP contribution in [0.2, 0.25) is 0 Å². The van der Waals surface area contributed by atoms with Gasteiger partial charge in [0.05, 0.1) is 11.5 Å². The van der Waals surface area contributed by atoms with E-state index < -0.39 is 0 Å². The minimum absolute atomic E-state index is 0.0680. The van der Waals surface area contributed by atoms with Crippen LogP contribution in [-0.4, -0.2) is 24.8 Å². The lowest BCUT2D eigenvalue weighted by Gasteiger charge is -2.61. The summed E-state index contributed by atoms with van der Waals surface area (Å²) in [7, 11) is 1.76. The number of fused-ring (bicyclic) bond motifs is 3.